The zero-order chi connectivity index (χ0) is 31.3. The maximum absolute atomic E-state index is 13.3. The Hall–Kier alpha value is -4.96. The predicted molar refractivity (Wildman–Crippen MR) is 158 cm³/mol. The molecule has 9 nitrogen and oxygen atoms in total. The topological polar surface area (TPSA) is 126 Å². The first-order valence-electron chi connectivity index (χ1n) is 12.7. The van der Waals surface area contributed by atoms with Gasteiger partial charge in [-0.05, 0) is 79.1 Å². The number of amides is 1. The molecular formula is C30H26F3N5O4S. The number of nitriles is 1. The number of hydrogen-bond donors (Lipinski definition) is 2. The summed E-state index contributed by atoms with van der Waals surface area (Å²) in [5.41, 5.74) is 2.89. The molecule has 1 unspecified atom stereocenters. The molecule has 4 rings (SSSR count). The maximum Gasteiger partial charge on any atom is 0.416 e. The van der Waals surface area contributed by atoms with Gasteiger partial charge >= 0.3 is 6.18 Å². The predicted octanol–water partition coefficient (Wildman–Crippen LogP) is 6.31. The highest BCUT2D eigenvalue weighted by atomic mass is 32.2. The normalized spacial score (nSPS) is 12.1. The molecular weight excluding hydrogens is 583 g/mol. The molecule has 0 saturated carbocycles. The minimum atomic E-state index is -4.51. The van der Waals surface area contributed by atoms with E-state index in [1.54, 1.807) is 18.2 Å². The van der Waals surface area contributed by atoms with E-state index in [9.17, 15) is 22.2 Å². The van der Waals surface area contributed by atoms with Gasteiger partial charge in [0.15, 0.2) is 11.5 Å². The molecule has 0 saturated heterocycles. The van der Waals surface area contributed by atoms with Gasteiger partial charge in [-0.3, -0.25) is 9.00 Å². The second kappa shape index (κ2) is 12.9. The highest BCUT2D eigenvalue weighted by molar-refractivity contribution is 7.85. The first-order chi connectivity index (χ1) is 20.4. The van der Waals surface area contributed by atoms with Crippen LogP contribution in [0.3, 0.4) is 0 Å². The van der Waals surface area contributed by atoms with Gasteiger partial charge in [-0.15, -0.1) is 0 Å². The summed E-state index contributed by atoms with van der Waals surface area (Å²) in [7, 11) is 0.916. The quantitative estimate of drug-likeness (QED) is 0.167. The SMILES string of the molecule is COc1cc2nc(S(=O)CC(=O)Nc3ccc(C(F)(F)F)cc3)nc(Nc3c(C)cc(/C=C/C#N)cc3C)c2cc1OC. The summed E-state index contributed by atoms with van der Waals surface area (Å²) in [5.74, 6) is -0.161. The van der Waals surface area contributed by atoms with Crippen LogP contribution < -0.4 is 20.1 Å². The molecule has 0 aliphatic carbocycles. The minimum absolute atomic E-state index is 0.118. The molecule has 222 valence electrons. The van der Waals surface area contributed by atoms with Crippen LogP contribution in [-0.4, -0.2) is 40.1 Å². The number of aromatic nitrogens is 2. The number of benzene rings is 3. The smallest absolute Gasteiger partial charge is 0.416 e. The van der Waals surface area contributed by atoms with Gasteiger partial charge < -0.3 is 20.1 Å². The van der Waals surface area contributed by atoms with E-state index in [0.717, 1.165) is 46.6 Å². The second-order valence-electron chi connectivity index (χ2n) is 9.31. The van der Waals surface area contributed by atoms with Gasteiger partial charge in [0.1, 0.15) is 22.4 Å². The summed E-state index contributed by atoms with van der Waals surface area (Å²) >= 11 is 0. The van der Waals surface area contributed by atoms with Gasteiger partial charge in [-0.2, -0.15) is 18.4 Å². The average molecular weight is 610 g/mol. The molecule has 3 aromatic carbocycles. The molecule has 2 N–H and O–H groups in total. The van der Waals surface area contributed by atoms with Crippen molar-refractivity contribution in [3.8, 4) is 17.6 Å². The zero-order valence-corrected chi connectivity index (χ0v) is 24.3. The number of nitrogens with zero attached hydrogens (tertiary/aromatic N) is 3. The molecule has 0 spiro atoms. The van der Waals surface area contributed by atoms with E-state index in [1.165, 1.54) is 20.3 Å². The third-order valence-corrected chi connectivity index (χ3v) is 7.41. The fourth-order valence-electron chi connectivity index (χ4n) is 4.30. The summed E-state index contributed by atoms with van der Waals surface area (Å²) < 4.78 is 62.7. The number of methoxy groups -OCH3 is 2. The van der Waals surface area contributed by atoms with Crippen molar-refractivity contribution >= 4 is 50.9 Å². The van der Waals surface area contributed by atoms with E-state index in [-0.39, 0.29) is 10.8 Å². The molecule has 43 heavy (non-hydrogen) atoms. The number of aryl methyl sites for hydroxylation is 2. The number of ether oxygens (including phenoxy) is 2. The van der Waals surface area contributed by atoms with Gasteiger partial charge in [0, 0.05) is 28.9 Å². The lowest BCUT2D eigenvalue weighted by Gasteiger charge is -2.17. The molecule has 1 amide bonds. The van der Waals surface area contributed by atoms with Crippen LogP contribution in [0, 0.1) is 25.2 Å². The molecule has 4 aromatic rings. The Kier molecular flexibility index (Phi) is 9.30. The van der Waals surface area contributed by atoms with Crippen molar-refractivity contribution in [2.45, 2.75) is 25.2 Å². The second-order valence-corrected chi connectivity index (χ2v) is 10.7. The summed E-state index contributed by atoms with van der Waals surface area (Å²) in [5, 5.41) is 15.0. The molecule has 13 heteroatoms. The maximum atomic E-state index is 13.3. The summed E-state index contributed by atoms with van der Waals surface area (Å²) in [4.78, 5) is 21.6. The molecule has 0 fully saturated rings. The molecule has 0 aliphatic heterocycles. The lowest BCUT2D eigenvalue weighted by atomic mass is 10.0. The fourth-order valence-corrected chi connectivity index (χ4v) is 5.13. The van der Waals surface area contributed by atoms with E-state index in [4.69, 9.17) is 14.7 Å². The van der Waals surface area contributed by atoms with Crippen LogP contribution in [-0.2, 0) is 21.8 Å². The summed E-state index contributed by atoms with van der Waals surface area (Å²) in [6.45, 7) is 3.77. The number of carbonyl (C=O) groups excluding carboxylic acids is 1. The summed E-state index contributed by atoms with van der Waals surface area (Å²) in [6, 6.07) is 12.9. The van der Waals surface area contributed by atoms with E-state index in [0.29, 0.717) is 28.2 Å². The first-order valence-corrected chi connectivity index (χ1v) is 14.0. The third kappa shape index (κ3) is 7.28. The molecule has 0 aliphatic rings. The number of rotatable bonds is 9. The van der Waals surface area contributed by atoms with Gasteiger partial charge in [0.05, 0.1) is 31.4 Å². The van der Waals surface area contributed by atoms with Crippen LogP contribution in [0.4, 0.5) is 30.4 Å². The molecule has 1 aromatic heterocycles. The zero-order valence-electron chi connectivity index (χ0n) is 23.5. The molecule has 0 radical (unpaired) electrons. The summed E-state index contributed by atoms with van der Waals surface area (Å²) in [6.07, 6.45) is -1.43. The van der Waals surface area contributed by atoms with Crippen LogP contribution in [0.1, 0.15) is 22.3 Å². The van der Waals surface area contributed by atoms with Crippen molar-refractivity contribution in [3.63, 3.8) is 0 Å². The van der Waals surface area contributed by atoms with Crippen molar-refractivity contribution in [3.05, 3.63) is 76.9 Å². The largest absolute Gasteiger partial charge is 0.493 e. The number of halogens is 3. The van der Waals surface area contributed by atoms with Crippen molar-refractivity contribution in [2.24, 2.45) is 0 Å². The van der Waals surface area contributed by atoms with Crippen LogP contribution in [0.15, 0.2) is 59.8 Å². The van der Waals surface area contributed by atoms with Gasteiger partial charge in [-0.1, -0.05) is 0 Å². The first kappa shape index (κ1) is 31.0. The minimum Gasteiger partial charge on any atom is -0.493 e. The van der Waals surface area contributed by atoms with E-state index < -0.39 is 34.2 Å². The Morgan fingerprint density at radius 2 is 1.65 bits per heavy atom. The number of carbonyl (C=O) groups is 1. The number of nitrogens with one attached hydrogen (secondary N) is 2. The number of hydrogen-bond acceptors (Lipinski definition) is 8. The number of alkyl halides is 3. The van der Waals surface area contributed by atoms with Crippen molar-refractivity contribution in [1.29, 1.82) is 5.26 Å². The lowest BCUT2D eigenvalue weighted by Crippen LogP contribution is -2.21. The van der Waals surface area contributed by atoms with Crippen LogP contribution in [0.25, 0.3) is 17.0 Å². The average Bonchev–Trinajstić information content (AvgIpc) is 2.96. The van der Waals surface area contributed by atoms with Gasteiger partial charge in [0.2, 0.25) is 11.1 Å². The van der Waals surface area contributed by atoms with E-state index >= 15 is 0 Å². The highest BCUT2D eigenvalue weighted by Crippen LogP contribution is 2.36. The number of allylic oxidation sites excluding steroid dienone is 1. The van der Waals surface area contributed by atoms with Crippen molar-refractivity contribution in [1.82, 2.24) is 9.97 Å². The Morgan fingerprint density at radius 3 is 2.23 bits per heavy atom. The monoisotopic (exact) mass is 609 g/mol. The Labute approximate surface area is 247 Å². The highest BCUT2D eigenvalue weighted by Gasteiger charge is 2.30. The standard InChI is InChI=1S/C30H26F3N5O4S/c1-17-12-19(6-5-11-34)13-18(2)27(17)37-28-22-14-24(41-3)25(42-4)15-23(22)36-29(38-28)43(40)16-26(39)35-21-9-7-20(8-10-21)30(31,32)33/h5-10,12-15H,16H2,1-4H3,(H,35,39)(H,36,37,38)/b6-5+. The number of fused-ring (bicyclic) bond motifs is 1. The van der Waals surface area contributed by atoms with Crippen molar-refractivity contribution < 1.29 is 31.6 Å². The van der Waals surface area contributed by atoms with Crippen LogP contribution in [0.5, 0.6) is 11.5 Å². The van der Waals surface area contributed by atoms with Gasteiger partial charge in [0.25, 0.3) is 0 Å². The Morgan fingerprint density at radius 1 is 1.02 bits per heavy atom. The molecule has 0 bridgehead atoms. The van der Waals surface area contributed by atoms with E-state index in [1.807, 2.05) is 32.0 Å². The van der Waals surface area contributed by atoms with Crippen molar-refractivity contribution in [2.75, 3.05) is 30.6 Å². The van der Waals surface area contributed by atoms with Gasteiger partial charge in [-0.25, -0.2) is 9.97 Å². The molecule has 1 heterocycles. The lowest BCUT2D eigenvalue weighted by molar-refractivity contribution is -0.137. The van der Waals surface area contributed by atoms with E-state index in [2.05, 4.69) is 20.6 Å². The molecule has 1 atom stereocenters. The number of anilines is 3. The van der Waals surface area contributed by atoms with Crippen LogP contribution >= 0.6 is 0 Å². The van der Waals surface area contributed by atoms with Crippen LogP contribution in [0.2, 0.25) is 0 Å². The fraction of sp³-hybridized carbons (Fsp3) is 0.200. The third-order valence-electron chi connectivity index (χ3n) is 6.29. The Bertz CT molecular complexity index is 1760. The Balaban J connectivity index is 1.69.